The standard InChI is InChI=1S/C24H27F4N5O2/c1-13-18-10-15(24(26,27)28)11-19(25)21(18)31-22(20(13)23-29-14(2)32-35-23)33-7-5-16(6-8-33)30-17-4-3-9-34-12-17/h10-11,16-17,30H,3-9,12H2,1-2H3/t17-/m0/s1. The highest BCUT2D eigenvalue weighted by Gasteiger charge is 2.34. The number of nitrogens with zero attached hydrogens (tertiary/aromatic N) is 4. The Bertz CT molecular complexity index is 1210. The molecule has 2 fully saturated rings. The molecule has 2 saturated heterocycles. The van der Waals surface area contributed by atoms with Crippen LogP contribution in [0.25, 0.3) is 22.4 Å². The summed E-state index contributed by atoms with van der Waals surface area (Å²) in [6.45, 7) is 6.11. The van der Waals surface area contributed by atoms with E-state index in [1.807, 2.05) is 4.90 Å². The maximum absolute atomic E-state index is 14.9. The fraction of sp³-hybridized carbons (Fsp3) is 0.542. The molecule has 0 spiro atoms. The van der Waals surface area contributed by atoms with Crippen molar-refractivity contribution < 1.29 is 26.8 Å². The maximum atomic E-state index is 14.9. The molecule has 5 rings (SSSR count). The summed E-state index contributed by atoms with van der Waals surface area (Å²) in [5.41, 5.74) is -0.321. The molecule has 188 valence electrons. The van der Waals surface area contributed by atoms with Crippen molar-refractivity contribution in [3.63, 3.8) is 0 Å². The topological polar surface area (TPSA) is 76.3 Å². The molecular formula is C24H27F4N5O2. The first kappa shape index (κ1) is 23.9. The smallest absolute Gasteiger partial charge is 0.380 e. The minimum atomic E-state index is -4.68. The Balaban J connectivity index is 1.51. The molecule has 0 saturated carbocycles. The summed E-state index contributed by atoms with van der Waals surface area (Å²) in [6, 6.07) is 2.09. The number of rotatable bonds is 4. The molecule has 7 nitrogen and oxygen atoms in total. The highest BCUT2D eigenvalue weighted by Crippen LogP contribution is 2.40. The zero-order valence-electron chi connectivity index (χ0n) is 19.6. The second-order valence-electron chi connectivity index (χ2n) is 9.28. The van der Waals surface area contributed by atoms with E-state index in [1.54, 1.807) is 13.8 Å². The van der Waals surface area contributed by atoms with Crippen molar-refractivity contribution in [2.24, 2.45) is 0 Å². The monoisotopic (exact) mass is 493 g/mol. The zero-order valence-corrected chi connectivity index (χ0v) is 19.6. The van der Waals surface area contributed by atoms with Crippen LogP contribution >= 0.6 is 0 Å². The van der Waals surface area contributed by atoms with Crippen molar-refractivity contribution >= 4 is 16.7 Å². The van der Waals surface area contributed by atoms with E-state index in [0.29, 0.717) is 60.6 Å². The summed E-state index contributed by atoms with van der Waals surface area (Å²) in [5, 5.41) is 7.58. The predicted molar refractivity (Wildman–Crippen MR) is 122 cm³/mol. The molecule has 0 aliphatic carbocycles. The minimum Gasteiger partial charge on any atom is -0.380 e. The SMILES string of the molecule is Cc1noc(-c2c(N3CCC(N[C@H]4CCCOC4)CC3)nc3c(F)cc(C(F)(F)F)cc3c2C)n1. The normalized spacial score (nSPS) is 20.1. The summed E-state index contributed by atoms with van der Waals surface area (Å²) in [5.74, 6) is -0.0295. The molecule has 3 aromatic rings. The Hall–Kier alpha value is -2.79. The van der Waals surface area contributed by atoms with Gasteiger partial charge < -0.3 is 19.5 Å². The number of anilines is 1. The van der Waals surface area contributed by atoms with Gasteiger partial charge in [-0.25, -0.2) is 9.37 Å². The van der Waals surface area contributed by atoms with Gasteiger partial charge in [-0.15, -0.1) is 0 Å². The number of hydrogen-bond donors (Lipinski definition) is 1. The van der Waals surface area contributed by atoms with Gasteiger partial charge in [-0.05, 0) is 57.2 Å². The van der Waals surface area contributed by atoms with Crippen molar-refractivity contribution in [2.75, 3.05) is 31.2 Å². The Morgan fingerprint density at radius 3 is 2.46 bits per heavy atom. The maximum Gasteiger partial charge on any atom is 0.416 e. The summed E-state index contributed by atoms with van der Waals surface area (Å²) in [6.07, 6.45) is -0.864. The Kier molecular flexibility index (Phi) is 6.39. The molecular weight excluding hydrogens is 466 g/mol. The fourth-order valence-corrected chi connectivity index (χ4v) is 4.97. The van der Waals surface area contributed by atoms with Crippen molar-refractivity contribution in [3.05, 3.63) is 34.9 Å². The lowest BCUT2D eigenvalue weighted by Gasteiger charge is -2.36. The number of fused-ring (bicyclic) bond motifs is 1. The molecule has 2 aromatic heterocycles. The third kappa shape index (κ3) is 4.84. The molecule has 1 atom stereocenters. The Morgan fingerprint density at radius 2 is 1.83 bits per heavy atom. The van der Waals surface area contributed by atoms with Crippen LogP contribution in [0.3, 0.4) is 0 Å². The molecule has 35 heavy (non-hydrogen) atoms. The fourth-order valence-electron chi connectivity index (χ4n) is 4.97. The number of halogens is 4. The van der Waals surface area contributed by atoms with E-state index in [1.165, 1.54) is 0 Å². The second-order valence-corrected chi connectivity index (χ2v) is 9.28. The van der Waals surface area contributed by atoms with Crippen molar-refractivity contribution in [1.82, 2.24) is 20.4 Å². The molecule has 1 aromatic carbocycles. The largest absolute Gasteiger partial charge is 0.416 e. The van der Waals surface area contributed by atoms with Gasteiger partial charge in [-0.2, -0.15) is 18.2 Å². The average molecular weight is 494 g/mol. The lowest BCUT2D eigenvalue weighted by Crippen LogP contribution is -2.48. The highest BCUT2D eigenvalue weighted by molar-refractivity contribution is 5.93. The van der Waals surface area contributed by atoms with Gasteiger partial charge in [-0.3, -0.25) is 0 Å². The van der Waals surface area contributed by atoms with Crippen LogP contribution in [0, 0.1) is 19.7 Å². The van der Waals surface area contributed by atoms with E-state index in [9.17, 15) is 17.6 Å². The first-order valence-corrected chi connectivity index (χ1v) is 11.8. The van der Waals surface area contributed by atoms with Crippen LogP contribution in [0.2, 0.25) is 0 Å². The predicted octanol–water partition coefficient (Wildman–Crippen LogP) is 4.80. The number of pyridine rings is 1. The quantitative estimate of drug-likeness (QED) is 0.524. The van der Waals surface area contributed by atoms with Crippen LogP contribution in [0.15, 0.2) is 16.7 Å². The second kappa shape index (κ2) is 9.34. The van der Waals surface area contributed by atoms with E-state index in [4.69, 9.17) is 9.26 Å². The average Bonchev–Trinajstić information content (AvgIpc) is 3.25. The number of aromatic nitrogens is 3. The molecule has 0 amide bonds. The third-order valence-corrected chi connectivity index (χ3v) is 6.78. The van der Waals surface area contributed by atoms with Crippen LogP contribution < -0.4 is 10.2 Å². The number of piperidine rings is 1. The molecule has 2 aliphatic rings. The van der Waals surface area contributed by atoms with Crippen molar-refractivity contribution in [3.8, 4) is 11.5 Å². The van der Waals surface area contributed by atoms with E-state index in [2.05, 4.69) is 20.4 Å². The van der Waals surface area contributed by atoms with E-state index < -0.39 is 17.6 Å². The first-order valence-electron chi connectivity index (χ1n) is 11.8. The number of nitrogens with one attached hydrogen (secondary N) is 1. The first-order chi connectivity index (χ1) is 16.7. The molecule has 11 heteroatoms. The van der Waals surface area contributed by atoms with Gasteiger partial charge in [0.15, 0.2) is 5.82 Å². The van der Waals surface area contributed by atoms with Crippen LogP contribution in [-0.4, -0.2) is 53.5 Å². The van der Waals surface area contributed by atoms with E-state index >= 15 is 0 Å². The van der Waals surface area contributed by atoms with Gasteiger partial charge in [0.1, 0.15) is 17.2 Å². The van der Waals surface area contributed by atoms with Crippen LogP contribution in [-0.2, 0) is 10.9 Å². The van der Waals surface area contributed by atoms with Crippen molar-refractivity contribution in [1.29, 1.82) is 0 Å². The lowest BCUT2D eigenvalue weighted by atomic mass is 9.98. The van der Waals surface area contributed by atoms with Gasteiger partial charge in [-0.1, -0.05) is 5.16 Å². The number of aryl methyl sites for hydroxylation is 2. The number of alkyl halides is 3. The number of hydrogen-bond acceptors (Lipinski definition) is 7. The molecule has 0 bridgehead atoms. The van der Waals surface area contributed by atoms with E-state index in [-0.39, 0.29) is 16.8 Å². The van der Waals surface area contributed by atoms with Gasteiger partial charge in [0.25, 0.3) is 5.89 Å². The summed E-state index contributed by atoms with van der Waals surface area (Å²) >= 11 is 0. The number of ether oxygens (including phenoxy) is 1. The van der Waals surface area contributed by atoms with Crippen LogP contribution in [0.1, 0.15) is 42.6 Å². The highest BCUT2D eigenvalue weighted by atomic mass is 19.4. The summed E-state index contributed by atoms with van der Waals surface area (Å²) < 4.78 is 66.0. The summed E-state index contributed by atoms with van der Waals surface area (Å²) in [7, 11) is 0. The van der Waals surface area contributed by atoms with Gasteiger partial charge in [0.2, 0.25) is 0 Å². The molecule has 0 unspecified atom stereocenters. The third-order valence-electron chi connectivity index (χ3n) is 6.78. The van der Waals surface area contributed by atoms with Crippen molar-refractivity contribution in [2.45, 2.75) is 57.8 Å². The molecule has 0 radical (unpaired) electrons. The Labute approximate surface area is 199 Å². The molecule has 4 heterocycles. The van der Waals surface area contributed by atoms with Gasteiger partial charge >= 0.3 is 6.18 Å². The molecule has 2 aliphatic heterocycles. The van der Waals surface area contributed by atoms with Gasteiger partial charge in [0.05, 0.1) is 17.7 Å². The number of benzene rings is 1. The zero-order chi connectivity index (χ0) is 24.7. The van der Waals surface area contributed by atoms with Gasteiger partial charge in [0, 0.05) is 37.2 Å². The lowest BCUT2D eigenvalue weighted by molar-refractivity contribution is -0.137. The van der Waals surface area contributed by atoms with Crippen LogP contribution in [0.5, 0.6) is 0 Å². The molecule has 1 N–H and O–H groups in total. The minimum absolute atomic E-state index is 0.0702. The van der Waals surface area contributed by atoms with Crippen LogP contribution in [0.4, 0.5) is 23.4 Å². The summed E-state index contributed by atoms with van der Waals surface area (Å²) in [4.78, 5) is 10.8. The Morgan fingerprint density at radius 1 is 1.06 bits per heavy atom. The van der Waals surface area contributed by atoms with E-state index in [0.717, 1.165) is 38.4 Å².